The van der Waals surface area contributed by atoms with Crippen LogP contribution < -0.4 is 10.5 Å². The van der Waals surface area contributed by atoms with E-state index in [2.05, 4.69) is 0 Å². The molecule has 0 atom stereocenters. The lowest BCUT2D eigenvalue weighted by Crippen LogP contribution is -2.30. The van der Waals surface area contributed by atoms with Gasteiger partial charge in [-0.1, -0.05) is 0 Å². The van der Waals surface area contributed by atoms with Crippen LogP contribution in [0.3, 0.4) is 0 Å². The maximum Gasteiger partial charge on any atom is 0.535 e. The van der Waals surface area contributed by atoms with Crippen LogP contribution in [0.5, 0.6) is 0 Å². The largest absolute Gasteiger partial charge is 0.614 e. The molecule has 0 aliphatic carbocycles. The van der Waals surface area contributed by atoms with Crippen molar-refractivity contribution in [3.05, 3.63) is 33.7 Å². The Kier molecular flexibility index (Phi) is 1.59. The summed E-state index contributed by atoms with van der Waals surface area (Å²) in [6, 6.07) is 2.64. The van der Waals surface area contributed by atoms with Gasteiger partial charge in [-0.3, -0.25) is 10.1 Å². The van der Waals surface area contributed by atoms with Crippen molar-refractivity contribution in [2.45, 2.75) is 0 Å². The van der Waals surface area contributed by atoms with Crippen molar-refractivity contribution in [3.8, 4) is 0 Å². The van der Waals surface area contributed by atoms with Crippen LogP contribution in [0.2, 0.25) is 0 Å². The van der Waals surface area contributed by atoms with Crippen LogP contribution in [0.25, 0.3) is 0 Å². The van der Waals surface area contributed by atoms with E-state index in [4.69, 9.17) is 5.73 Å². The number of nitrogens with two attached hydrogens (primary N) is 1. The molecular formula is C5H5N3O3. The summed E-state index contributed by atoms with van der Waals surface area (Å²) in [4.78, 5) is 9.33. The SMILES string of the molecule is Nc1ccc[n+]([O-])c1[N+](=O)[O-]. The van der Waals surface area contributed by atoms with Gasteiger partial charge in [0.15, 0.2) is 11.9 Å². The van der Waals surface area contributed by atoms with Crippen LogP contribution >= 0.6 is 0 Å². The molecule has 1 aromatic rings. The second-order valence-corrected chi connectivity index (χ2v) is 1.87. The van der Waals surface area contributed by atoms with E-state index >= 15 is 0 Å². The molecule has 1 aromatic heterocycles. The number of hydrogen-bond donors (Lipinski definition) is 1. The van der Waals surface area contributed by atoms with Gasteiger partial charge in [0, 0.05) is 6.07 Å². The minimum Gasteiger partial charge on any atom is -0.614 e. The molecule has 0 radical (unpaired) electrons. The van der Waals surface area contributed by atoms with Crippen LogP contribution in [0.15, 0.2) is 18.3 Å². The summed E-state index contributed by atoms with van der Waals surface area (Å²) in [6.07, 6.45) is 1.02. The summed E-state index contributed by atoms with van der Waals surface area (Å²) in [5.41, 5.74) is 5.03. The van der Waals surface area contributed by atoms with Gasteiger partial charge in [-0.15, -0.1) is 4.73 Å². The molecule has 6 heteroatoms. The first-order valence-electron chi connectivity index (χ1n) is 2.75. The molecule has 11 heavy (non-hydrogen) atoms. The highest BCUT2D eigenvalue weighted by atomic mass is 16.6. The zero-order chi connectivity index (χ0) is 8.43. The average Bonchev–Trinajstić information content (AvgIpc) is 1.85. The molecule has 0 bridgehead atoms. The predicted molar refractivity (Wildman–Crippen MR) is 36.5 cm³/mol. The third-order valence-electron chi connectivity index (χ3n) is 1.14. The topological polar surface area (TPSA) is 96.1 Å². The van der Waals surface area contributed by atoms with Crippen LogP contribution in [0.4, 0.5) is 11.5 Å². The third kappa shape index (κ3) is 1.18. The summed E-state index contributed by atoms with van der Waals surface area (Å²) < 4.78 is 0.120. The fourth-order valence-corrected chi connectivity index (χ4v) is 0.683. The predicted octanol–water partition coefficient (Wildman–Crippen LogP) is -0.190. The lowest BCUT2D eigenvalue weighted by Gasteiger charge is -1.96. The van der Waals surface area contributed by atoms with Gasteiger partial charge in [0.25, 0.3) is 0 Å². The van der Waals surface area contributed by atoms with Gasteiger partial charge >= 0.3 is 5.82 Å². The summed E-state index contributed by atoms with van der Waals surface area (Å²) >= 11 is 0. The first kappa shape index (κ1) is 7.26. The summed E-state index contributed by atoms with van der Waals surface area (Å²) in [7, 11) is 0. The Morgan fingerprint density at radius 1 is 1.64 bits per heavy atom. The molecule has 0 amide bonds. The lowest BCUT2D eigenvalue weighted by atomic mass is 10.4. The lowest BCUT2D eigenvalue weighted by molar-refractivity contribution is -0.663. The minimum absolute atomic E-state index is 0.120. The smallest absolute Gasteiger partial charge is 0.535 e. The van der Waals surface area contributed by atoms with Crippen LogP contribution in [0.1, 0.15) is 0 Å². The molecule has 0 saturated heterocycles. The van der Waals surface area contributed by atoms with E-state index < -0.39 is 10.7 Å². The Labute approximate surface area is 61.6 Å². The molecule has 2 N–H and O–H groups in total. The summed E-state index contributed by atoms with van der Waals surface area (Å²) in [6.45, 7) is 0. The zero-order valence-corrected chi connectivity index (χ0v) is 5.43. The Hall–Kier alpha value is -1.85. The summed E-state index contributed by atoms with van der Waals surface area (Å²) in [5.74, 6) is -0.632. The molecule has 1 heterocycles. The van der Waals surface area contributed by atoms with Crippen LogP contribution in [0, 0.1) is 15.3 Å². The van der Waals surface area contributed by atoms with E-state index in [9.17, 15) is 15.3 Å². The van der Waals surface area contributed by atoms with Crippen molar-refractivity contribution < 1.29 is 9.65 Å². The van der Waals surface area contributed by atoms with Gasteiger partial charge in [-0.25, -0.2) is 0 Å². The Morgan fingerprint density at radius 2 is 2.27 bits per heavy atom. The maximum atomic E-state index is 10.7. The highest BCUT2D eigenvalue weighted by Gasteiger charge is 2.21. The van der Waals surface area contributed by atoms with Crippen LogP contribution in [-0.2, 0) is 0 Å². The molecule has 1 rings (SSSR count). The van der Waals surface area contributed by atoms with Crippen molar-refractivity contribution in [1.29, 1.82) is 0 Å². The number of nitro groups is 1. The molecule has 0 saturated carbocycles. The minimum atomic E-state index is -0.817. The molecule has 58 valence electrons. The standard InChI is InChI=1S/C5H5N3O3/c6-4-2-1-3-7(9)5(4)8(10)11/h1-3H,6H2. The quantitative estimate of drug-likeness (QED) is 0.263. The molecule has 0 aliphatic heterocycles. The first-order valence-corrected chi connectivity index (χ1v) is 2.75. The van der Waals surface area contributed by atoms with Crippen LogP contribution in [-0.4, -0.2) is 4.92 Å². The van der Waals surface area contributed by atoms with E-state index in [-0.39, 0.29) is 10.4 Å². The fraction of sp³-hybridized carbons (Fsp3) is 0. The maximum absolute atomic E-state index is 10.7. The van der Waals surface area contributed by atoms with Gasteiger partial charge < -0.3 is 10.9 Å². The monoisotopic (exact) mass is 155 g/mol. The Balaban J connectivity index is 3.32. The van der Waals surface area contributed by atoms with Gasteiger partial charge in [-0.05, 0) is 6.07 Å². The molecule has 0 fully saturated rings. The number of nitrogen functional groups attached to an aromatic ring is 1. The number of rotatable bonds is 1. The Bertz CT molecular complexity index is 279. The number of aromatic nitrogens is 1. The van der Waals surface area contributed by atoms with E-state index in [1.54, 1.807) is 0 Å². The zero-order valence-electron chi connectivity index (χ0n) is 5.43. The molecule has 6 nitrogen and oxygen atoms in total. The highest BCUT2D eigenvalue weighted by Crippen LogP contribution is 2.12. The van der Waals surface area contributed by atoms with E-state index in [0.29, 0.717) is 0 Å². The number of pyridine rings is 1. The normalized spacial score (nSPS) is 9.45. The van der Waals surface area contributed by atoms with Crippen molar-refractivity contribution in [2.24, 2.45) is 0 Å². The van der Waals surface area contributed by atoms with E-state index in [0.717, 1.165) is 6.20 Å². The van der Waals surface area contributed by atoms with Crippen molar-refractivity contribution >= 4 is 11.5 Å². The number of anilines is 1. The molecule has 0 spiro atoms. The second kappa shape index (κ2) is 2.41. The van der Waals surface area contributed by atoms with Gasteiger partial charge in [0.05, 0.1) is 0 Å². The third-order valence-corrected chi connectivity index (χ3v) is 1.14. The molecule has 0 unspecified atom stereocenters. The second-order valence-electron chi connectivity index (χ2n) is 1.87. The molecule has 0 aromatic carbocycles. The molecule has 0 aliphatic rings. The fourth-order valence-electron chi connectivity index (χ4n) is 0.683. The number of hydrogen-bond acceptors (Lipinski definition) is 4. The highest BCUT2D eigenvalue weighted by molar-refractivity contribution is 5.48. The number of nitrogens with zero attached hydrogens (tertiary/aromatic N) is 2. The molecular weight excluding hydrogens is 150 g/mol. The Morgan fingerprint density at radius 3 is 2.64 bits per heavy atom. The van der Waals surface area contributed by atoms with Crippen molar-refractivity contribution in [2.75, 3.05) is 5.73 Å². The average molecular weight is 155 g/mol. The summed E-state index contributed by atoms with van der Waals surface area (Å²) in [5, 5.41) is 20.8. The van der Waals surface area contributed by atoms with Crippen molar-refractivity contribution in [1.82, 2.24) is 0 Å². The van der Waals surface area contributed by atoms with Crippen molar-refractivity contribution in [3.63, 3.8) is 0 Å². The van der Waals surface area contributed by atoms with E-state index in [1.165, 1.54) is 12.1 Å². The first-order chi connectivity index (χ1) is 5.13. The van der Waals surface area contributed by atoms with E-state index in [1.807, 2.05) is 0 Å². The van der Waals surface area contributed by atoms with Gasteiger partial charge in [0.2, 0.25) is 0 Å². The van der Waals surface area contributed by atoms with Gasteiger partial charge in [-0.2, -0.15) is 0 Å². The van der Waals surface area contributed by atoms with Gasteiger partial charge in [0.1, 0.15) is 4.92 Å².